The van der Waals surface area contributed by atoms with Crippen LogP contribution in [0.25, 0.3) is 27.2 Å². The van der Waals surface area contributed by atoms with Crippen molar-refractivity contribution < 1.29 is 21.4 Å². The van der Waals surface area contributed by atoms with Gasteiger partial charge in [0, 0.05) is 31.1 Å². The molecule has 0 bridgehead atoms. The summed E-state index contributed by atoms with van der Waals surface area (Å²) in [6.07, 6.45) is 0.214. The van der Waals surface area contributed by atoms with Crippen LogP contribution >= 0.6 is 11.3 Å². The highest BCUT2D eigenvalue weighted by atomic mass is 32.2. The van der Waals surface area contributed by atoms with Crippen molar-refractivity contribution in [1.29, 1.82) is 10.0 Å². The summed E-state index contributed by atoms with van der Waals surface area (Å²) in [5.41, 5.74) is 0.953. The molecule has 2 aromatic heterocycles. The number of benzene rings is 1. The molecule has 1 atom stereocenters. The van der Waals surface area contributed by atoms with E-state index >= 15 is 0 Å². The van der Waals surface area contributed by atoms with E-state index in [9.17, 15) is 26.7 Å². The Hall–Kier alpha value is -2.84. The summed E-state index contributed by atoms with van der Waals surface area (Å²) in [5.74, 6) is 0. The molecular formula is C23H26F2N8O3S3. The van der Waals surface area contributed by atoms with Crippen molar-refractivity contribution in [3.8, 4) is 16.8 Å². The first-order valence-corrected chi connectivity index (χ1v) is 16.0. The van der Waals surface area contributed by atoms with Gasteiger partial charge in [-0.05, 0) is 50.8 Å². The van der Waals surface area contributed by atoms with Gasteiger partial charge in [-0.1, -0.05) is 17.4 Å². The van der Waals surface area contributed by atoms with Crippen LogP contribution in [0.1, 0.15) is 50.1 Å². The van der Waals surface area contributed by atoms with Crippen LogP contribution < -0.4 is 4.72 Å². The van der Waals surface area contributed by atoms with E-state index in [0.717, 1.165) is 5.57 Å². The van der Waals surface area contributed by atoms with Crippen molar-refractivity contribution in [1.82, 2.24) is 29.0 Å². The first kappa shape index (κ1) is 27.7. The average molecular weight is 597 g/mol. The van der Waals surface area contributed by atoms with Crippen LogP contribution in [0.2, 0.25) is 0 Å². The molecule has 208 valence electrons. The summed E-state index contributed by atoms with van der Waals surface area (Å²) in [5, 5.41) is 21.0. The number of hydrogen-bond donors (Lipinski definition) is 2. The number of alkyl halides is 2. The molecule has 1 unspecified atom stereocenters. The molecule has 5 rings (SSSR count). The Morgan fingerprint density at radius 2 is 1.95 bits per heavy atom. The van der Waals surface area contributed by atoms with Crippen molar-refractivity contribution in [2.75, 3.05) is 13.1 Å². The van der Waals surface area contributed by atoms with E-state index < -0.39 is 36.9 Å². The molecule has 2 N–H and O–H groups in total. The maximum atomic E-state index is 13.4. The van der Waals surface area contributed by atoms with E-state index in [1.165, 1.54) is 12.1 Å². The monoisotopic (exact) mass is 596 g/mol. The molecule has 0 radical (unpaired) electrons. The number of fused-ring (bicyclic) bond motifs is 1. The van der Waals surface area contributed by atoms with Gasteiger partial charge >= 0.3 is 0 Å². The van der Waals surface area contributed by atoms with Crippen molar-refractivity contribution in [2.45, 2.75) is 55.2 Å². The smallest absolute Gasteiger partial charge is 0.267 e. The summed E-state index contributed by atoms with van der Waals surface area (Å²) in [6, 6.07) is 4.94. The lowest BCUT2D eigenvalue weighted by Gasteiger charge is -2.30. The third-order valence-electron chi connectivity index (χ3n) is 6.89. The van der Waals surface area contributed by atoms with Gasteiger partial charge in [0.15, 0.2) is 10.0 Å². The quantitative estimate of drug-likeness (QED) is 0.400. The number of halogens is 2. The van der Waals surface area contributed by atoms with Crippen LogP contribution in [-0.4, -0.2) is 60.8 Å². The van der Waals surface area contributed by atoms with Gasteiger partial charge in [0.25, 0.3) is 6.43 Å². The summed E-state index contributed by atoms with van der Waals surface area (Å²) in [6.45, 7) is 4.04. The second-order valence-corrected chi connectivity index (χ2v) is 15.2. The second-order valence-electron chi connectivity index (χ2n) is 9.87. The standard InChI is InChI=1S/C23H26F2N8O3S3/c1-13(2)38(27,34)33-8-4-14(5-9-33)16-10-15(39(35,36)31-23(12-26)6-7-23)11-17-18(30-32(3)19(16)17)21-28-29-22(37-21)20(24)25/h4,10-11,13,20,27,31H,5-9H2,1-3H3. The first-order valence-electron chi connectivity index (χ1n) is 12.1. The molecule has 1 saturated carbocycles. The summed E-state index contributed by atoms with van der Waals surface area (Å²) < 4.78 is 80.1. The molecular weight excluding hydrogens is 571 g/mol. The summed E-state index contributed by atoms with van der Waals surface area (Å²) in [7, 11) is -5.46. The Kier molecular flexibility index (Phi) is 6.87. The fourth-order valence-electron chi connectivity index (χ4n) is 4.48. The van der Waals surface area contributed by atoms with Gasteiger partial charge in [0.05, 0.1) is 21.7 Å². The highest BCUT2D eigenvalue weighted by Crippen LogP contribution is 2.40. The van der Waals surface area contributed by atoms with Crippen molar-refractivity contribution in [2.24, 2.45) is 7.05 Å². The fraction of sp³-hybridized carbons (Fsp3) is 0.478. The first-order chi connectivity index (χ1) is 18.3. The van der Waals surface area contributed by atoms with Gasteiger partial charge in [-0.3, -0.25) is 4.68 Å². The Bertz CT molecular complexity index is 1750. The maximum absolute atomic E-state index is 13.4. The number of nitrogens with zero attached hydrogens (tertiary/aromatic N) is 6. The Morgan fingerprint density at radius 1 is 1.23 bits per heavy atom. The van der Waals surface area contributed by atoms with Crippen LogP contribution in [-0.2, 0) is 27.0 Å². The number of aromatic nitrogens is 4. The topological polar surface area (TPSA) is 158 Å². The third kappa shape index (κ3) is 4.97. The highest BCUT2D eigenvalue weighted by molar-refractivity contribution is 7.90. The van der Waals surface area contributed by atoms with Gasteiger partial charge in [-0.15, -0.1) is 10.2 Å². The van der Waals surface area contributed by atoms with Crippen LogP contribution in [0.4, 0.5) is 8.78 Å². The molecule has 0 saturated heterocycles. The number of hydrogen-bond acceptors (Lipinski definition) is 9. The molecule has 0 spiro atoms. The van der Waals surface area contributed by atoms with Gasteiger partial charge in [0.2, 0.25) is 10.0 Å². The molecule has 16 heteroatoms. The number of nitriles is 1. The lowest BCUT2D eigenvalue weighted by Crippen LogP contribution is -2.38. The van der Waals surface area contributed by atoms with Crippen molar-refractivity contribution >= 4 is 47.8 Å². The van der Waals surface area contributed by atoms with Gasteiger partial charge < -0.3 is 0 Å². The molecule has 1 aromatic carbocycles. The van der Waals surface area contributed by atoms with Crippen molar-refractivity contribution in [3.63, 3.8) is 0 Å². The minimum Gasteiger partial charge on any atom is -0.267 e. The lowest BCUT2D eigenvalue weighted by molar-refractivity contribution is 0.150. The molecule has 1 aliphatic carbocycles. The lowest BCUT2D eigenvalue weighted by atomic mass is 9.97. The molecule has 2 aliphatic rings. The average Bonchev–Trinajstić information content (AvgIpc) is 3.31. The van der Waals surface area contributed by atoms with E-state index in [-0.39, 0.29) is 27.4 Å². The van der Waals surface area contributed by atoms with Gasteiger partial charge in [0.1, 0.15) is 21.1 Å². The molecule has 3 aromatic rings. The molecule has 11 nitrogen and oxygen atoms in total. The minimum absolute atomic E-state index is 0.103. The van der Waals surface area contributed by atoms with Gasteiger partial charge in [-0.2, -0.15) is 15.1 Å². The zero-order valence-corrected chi connectivity index (χ0v) is 23.8. The number of sulfonamides is 1. The number of rotatable bonds is 8. The van der Waals surface area contributed by atoms with Crippen LogP contribution in [0, 0.1) is 16.1 Å². The predicted molar refractivity (Wildman–Crippen MR) is 143 cm³/mol. The van der Waals surface area contributed by atoms with E-state index in [0.29, 0.717) is 53.6 Å². The maximum Gasteiger partial charge on any atom is 0.291 e. The number of aryl methyl sites for hydroxylation is 1. The van der Waals surface area contributed by atoms with Crippen LogP contribution in [0.15, 0.2) is 23.1 Å². The van der Waals surface area contributed by atoms with E-state index in [1.54, 1.807) is 29.9 Å². The Balaban J connectivity index is 1.67. The zero-order chi connectivity index (χ0) is 28.3. The largest absolute Gasteiger partial charge is 0.291 e. The second kappa shape index (κ2) is 9.66. The number of nitrogens with one attached hydrogen (secondary N) is 2. The predicted octanol–water partition coefficient (Wildman–Crippen LogP) is 3.82. The van der Waals surface area contributed by atoms with Crippen molar-refractivity contribution in [3.05, 3.63) is 28.8 Å². The fourth-order valence-corrected chi connectivity index (χ4v) is 7.87. The third-order valence-corrected chi connectivity index (χ3v) is 11.7. The minimum atomic E-state index is -4.14. The summed E-state index contributed by atoms with van der Waals surface area (Å²) in [4.78, 5) is -0.103. The van der Waals surface area contributed by atoms with E-state index in [1.807, 2.05) is 12.1 Å². The van der Waals surface area contributed by atoms with E-state index in [2.05, 4.69) is 20.0 Å². The highest BCUT2D eigenvalue weighted by Gasteiger charge is 2.47. The van der Waals surface area contributed by atoms with Crippen LogP contribution in [0.5, 0.6) is 0 Å². The molecule has 3 heterocycles. The molecule has 1 fully saturated rings. The molecule has 0 amide bonds. The zero-order valence-electron chi connectivity index (χ0n) is 21.3. The normalized spacial score (nSPS) is 19.3. The molecule has 1 aliphatic heterocycles. The SMILES string of the molecule is CC(C)S(=N)(=O)N1CC=C(c2cc(S(=O)(=O)NC3(C#N)CC3)cc3c(-c4nnc(C(F)F)s4)nn(C)c23)CC1. The Labute approximate surface area is 228 Å². The van der Waals surface area contributed by atoms with Gasteiger partial charge in [-0.25, -0.2) is 30.5 Å². The van der Waals surface area contributed by atoms with E-state index in [4.69, 9.17) is 4.78 Å². The van der Waals surface area contributed by atoms with Crippen LogP contribution in [0.3, 0.4) is 0 Å². The molecule has 39 heavy (non-hydrogen) atoms. The summed E-state index contributed by atoms with van der Waals surface area (Å²) >= 11 is 0.676. The Morgan fingerprint density at radius 3 is 2.49 bits per heavy atom.